The monoisotopic (exact) mass is 459 g/mol. The molecule has 0 amide bonds. The molecule has 0 radical (unpaired) electrons. The minimum atomic E-state index is -0.423. The summed E-state index contributed by atoms with van der Waals surface area (Å²) in [6.07, 6.45) is 0. The fourth-order valence-corrected chi connectivity index (χ4v) is 5.27. The van der Waals surface area contributed by atoms with Crippen molar-refractivity contribution in [3.8, 4) is 5.69 Å². The minimum absolute atomic E-state index is 0.386. The van der Waals surface area contributed by atoms with Gasteiger partial charge in [0.05, 0.1) is 22.2 Å². The van der Waals surface area contributed by atoms with Gasteiger partial charge >= 0.3 is 7.12 Å². The first-order valence-corrected chi connectivity index (χ1v) is 12.1. The highest BCUT2D eigenvalue weighted by Gasteiger charge is 2.51. The van der Waals surface area contributed by atoms with Gasteiger partial charge in [-0.2, -0.15) is 0 Å². The molecule has 0 spiro atoms. The first kappa shape index (κ1) is 20.8. The van der Waals surface area contributed by atoms with Crippen LogP contribution in [-0.4, -0.2) is 22.9 Å². The number of rotatable bonds is 2. The summed E-state index contributed by atoms with van der Waals surface area (Å²) in [5, 5.41) is 4.59. The van der Waals surface area contributed by atoms with Gasteiger partial charge in [0.15, 0.2) is 5.58 Å². The second-order valence-corrected chi connectivity index (χ2v) is 10.5. The summed E-state index contributed by atoms with van der Waals surface area (Å²) in [7, 11) is -0.423. The SMILES string of the molecule is CC1(C)OB(c2ccc3c(c2)oc2c3ccc3c4ccccc4n(-c4ccccc4)c32)OC1(C)C. The van der Waals surface area contributed by atoms with Crippen molar-refractivity contribution in [3.63, 3.8) is 0 Å². The van der Waals surface area contributed by atoms with Crippen LogP contribution >= 0.6 is 0 Å². The van der Waals surface area contributed by atoms with Crippen molar-refractivity contribution in [2.24, 2.45) is 0 Å². The van der Waals surface area contributed by atoms with E-state index in [2.05, 4.69) is 111 Å². The topological polar surface area (TPSA) is 36.5 Å². The molecule has 4 aromatic carbocycles. The molecule has 0 aliphatic carbocycles. The van der Waals surface area contributed by atoms with Gasteiger partial charge in [0.25, 0.3) is 0 Å². The van der Waals surface area contributed by atoms with E-state index in [0.29, 0.717) is 0 Å². The van der Waals surface area contributed by atoms with Crippen LogP contribution < -0.4 is 5.46 Å². The van der Waals surface area contributed by atoms with Crippen LogP contribution in [-0.2, 0) is 9.31 Å². The van der Waals surface area contributed by atoms with Crippen LogP contribution in [0.3, 0.4) is 0 Å². The molecule has 35 heavy (non-hydrogen) atoms. The van der Waals surface area contributed by atoms with Crippen LogP contribution in [0.15, 0.2) is 89.3 Å². The average Bonchev–Trinajstić information content (AvgIpc) is 3.45. The standard InChI is InChI=1S/C30H26BNO3/c1-29(2)30(3,4)35-31(34-29)19-14-15-22-24-17-16-23-21-12-8-9-13-25(21)32(20-10-6-5-7-11-20)27(23)28(24)33-26(22)18-19/h5-18H,1-4H3. The highest BCUT2D eigenvalue weighted by atomic mass is 16.7. The Hall–Kier alpha value is -3.54. The Balaban J connectivity index is 1.50. The number of hydrogen-bond donors (Lipinski definition) is 0. The Labute approximate surface area is 204 Å². The van der Waals surface area contributed by atoms with Crippen molar-refractivity contribution in [2.75, 3.05) is 0 Å². The first-order valence-electron chi connectivity index (χ1n) is 12.1. The first-order chi connectivity index (χ1) is 16.8. The molecule has 5 heteroatoms. The normalized spacial score (nSPS) is 17.3. The number of fused-ring (bicyclic) bond motifs is 7. The number of furan rings is 1. The number of para-hydroxylation sites is 2. The number of hydrogen-bond acceptors (Lipinski definition) is 3. The van der Waals surface area contributed by atoms with E-state index < -0.39 is 7.12 Å². The van der Waals surface area contributed by atoms with Crippen molar-refractivity contribution in [1.29, 1.82) is 0 Å². The third-order valence-electron chi connectivity index (χ3n) is 7.84. The maximum absolute atomic E-state index is 6.63. The lowest BCUT2D eigenvalue weighted by Crippen LogP contribution is -2.41. The van der Waals surface area contributed by atoms with Gasteiger partial charge in [-0.3, -0.25) is 0 Å². The fourth-order valence-electron chi connectivity index (χ4n) is 5.27. The molecule has 3 heterocycles. The van der Waals surface area contributed by atoms with Gasteiger partial charge in [-0.25, -0.2) is 0 Å². The van der Waals surface area contributed by atoms with Crippen LogP contribution in [0.5, 0.6) is 0 Å². The maximum atomic E-state index is 6.63. The van der Waals surface area contributed by atoms with E-state index in [1.807, 2.05) is 6.07 Å². The second-order valence-electron chi connectivity index (χ2n) is 10.5. The Bertz CT molecular complexity index is 1740. The van der Waals surface area contributed by atoms with Crippen LogP contribution in [0.25, 0.3) is 49.4 Å². The van der Waals surface area contributed by atoms with Crippen LogP contribution in [0, 0.1) is 0 Å². The summed E-state index contributed by atoms with van der Waals surface area (Å²) in [5.74, 6) is 0. The molecule has 1 saturated heterocycles. The van der Waals surface area contributed by atoms with Gasteiger partial charge in [-0.15, -0.1) is 0 Å². The third kappa shape index (κ3) is 2.89. The lowest BCUT2D eigenvalue weighted by molar-refractivity contribution is 0.00578. The van der Waals surface area contributed by atoms with Gasteiger partial charge < -0.3 is 18.3 Å². The van der Waals surface area contributed by atoms with Gasteiger partial charge in [0, 0.05) is 27.2 Å². The van der Waals surface area contributed by atoms with Crippen molar-refractivity contribution in [1.82, 2.24) is 4.57 Å². The van der Waals surface area contributed by atoms with Gasteiger partial charge in [0.2, 0.25) is 0 Å². The van der Waals surface area contributed by atoms with Gasteiger partial charge in [-0.05, 0) is 63.5 Å². The van der Waals surface area contributed by atoms with E-state index in [1.54, 1.807) is 0 Å². The zero-order valence-electron chi connectivity index (χ0n) is 20.3. The van der Waals surface area contributed by atoms with Crippen molar-refractivity contribution in [3.05, 3.63) is 84.9 Å². The fraction of sp³-hybridized carbons (Fsp3) is 0.200. The largest absolute Gasteiger partial charge is 0.494 e. The maximum Gasteiger partial charge on any atom is 0.494 e. The van der Waals surface area contributed by atoms with E-state index in [-0.39, 0.29) is 11.2 Å². The molecular weight excluding hydrogens is 433 g/mol. The lowest BCUT2D eigenvalue weighted by Gasteiger charge is -2.32. The quantitative estimate of drug-likeness (QED) is 0.262. The van der Waals surface area contributed by atoms with Gasteiger partial charge in [0.1, 0.15) is 5.58 Å². The van der Waals surface area contributed by atoms with Crippen molar-refractivity contribution < 1.29 is 13.7 Å². The number of aromatic nitrogens is 1. The minimum Gasteiger partial charge on any atom is -0.454 e. The van der Waals surface area contributed by atoms with Crippen molar-refractivity contribution in [2.45, 2.75) is 38.9 Å². The summed E-state index contributed by atoms with van der Waals surface area (Å²) in [4.78, 5) is 0. The Morgan fingerprint density at radius 2 is 1.31 bits per heavy atom. The molecule has 1 aliphatic rings. The highest BCUT2D eigenvalue weighted by molar-refractivity contribution is 6.62. The Morgan fingerprint density at radius 3 is 2.09 bits per heavy atom. The molecule has 4 nitrogen and oxygen atoms in total. The van der Waals surface area contributed by atoms with Crippen LogP contribution in [0.2, 0.25) is 0 Å². The molecule has 0 atom stereocenters. The summed E-state index contributed by atoms with van der Waals surface area (Å²) in [5.41, 5.74) is 5.29. The molecule has 7 rings (SSSR count). The predicted octanol–water partition coefficient (Wildman–Crippen LogP) is 6.98. The average molecular weight is 459 g/mol. The molecule has 6 aromatic rings. The van der Waals surface area contributed by atoms with Gasteiger partial charge in [-0.1, -0.05) is 54.6 Å². The summed E-state index contributed by atoms with van der Waals surface area (Å²) >= 11 is 0. The van der Waals surface area contributed by atoms with E-state index in [4.69, 9.17) is 13.7 Å². The lowest BCUT2D eigenvalue weighted by atomic mass is 9.79. The zero-order chi connectivity index (χ0) is 23.9. The van der Waals surface area contributed by atoms with E-state index in [1.165, 1.54) is 16.3 Å². The molecule has 1 aliphatic heterocycles. The smallest absolute Gasteiger partial charge is 0.454 e. The summed E-state index contributed by atoms with van der Waals surface area (Å²) in [6, 6.07) is 29.7. The number of benzene rings is 4. The zero-order valence-corrected chi connectivity index (χ0v) is 20.3. The van der Waals surface area contributed by atoms with Crippen LogP contribution in [0.4, 0.5) is 0 Å². The summed E-state index contributed by atoms with van der Waals surface area (Å²) in [6.45, 7) is 8.30. The molecule has 0 unspecified atom stereocenters. The van der Waals surface area contributed by atoms with E-state index in [0.717, 1.165) is 38.6 Å². The predicted molar refractivity (Wildman–Crippen MR) is 144 cm³/mol. The van der Waals surface area contributed by atoms with E-state index >= 15 is 0 Å². The Kier molecular flexibility index (Phi) is 4.16. The molecule has 1 fully saturated rings. The Morgan fingerprint density at radius 1 is 0.657 bits per heavy atom. The molecule has 0 saturated carbocycles. The molecule has 172 valence electrons. The van der Waals surface area contributed by atoms with E-state index in [9.17, 15) is 0 Å². The third-order valence-corrected chi connectivity index (χ3v) is 7.84. The van der Waals surface area contributed by atoms with Crippen molar-refractivity contribution >= 4 is 56.3 Å². The molecule has 0 bridgehead atoms. The molecular formula is C30H26BNO3. The second kappa shape index (κ2) is 7.00. The summed E-state index contributed by atoms with van der Waals surface area (Å²) < 4.78 is 21.5. The number of nitrogens with zero attached hydrogens (tertiary/aromatic N) is 1. The van der Waals surface area contributed by atoms with Crippen LogP contribution in [0.1, 0.15) is 27.7 Å². The molecule has 0 N–H and O–H groups in total. The molecule has 2 aromatic heterocycles. The highest BCUT2D eigenvalue weighted by Crippen LogP contribution is 2.41.